The van der Waals surface area contributed by atoms with Crippen molar-refractivity contribution in [2.24, 2.45) is 0 Å². The second-order valence-corrected chi connectivity index (χ2v) is 9.95. The molecule has 0 bridgehead atoms. The van der Waals surface area contributed by atoms with Gasteiger partial charge in [-0.1, -0.05) is 0 Å². The number of rotatable bonds is 12. The lowest BCUT2D eigenvalue weighted by atomic mass is 9.94. The van der Waals surface area contributed by atoms with Gasteiger partial charge in [0, 0.05) is 0 Å². The van der Waals surface area contributed by atoms with E-state index in [0.717, 1.165) is 0 Å². The zero-order chi connectivity index (χ0) is 39.3. The molecule has 0 aliphatic carbocycles. The maximum atomic E-state index is 14.2. The first kappa shape index (κ1) is 43.9. The van der Waals surface area contributed by atoms with E-state index < -0.39 is 110 Å². The molecule has 1 rings (SSSR count). The van der Waals surface area contributed by atoms with E-state index >= 15 is 0 Å². The molecule has 0 fully saturated rings. The number of thiol groups is 2. The van der Waals surface area contributed by atoms with Crippen LogP contribution in [0.1, 0.15) is 0 Å². The highest BCUT2D eigenvalue weighted by Crippen LogP contribution is 2.62. The standard InChI is InChI=1S/C17H6F26N2OS2/c18-6(19,8(22,23)10(26,27)12(30,31)14(34,35)16(38,39)40)1-44-3(47)4(48)45(5(44)46)2-7(20,21)9(24,25)11(28,29)13(32,33)15(36,37)17(41,42)43/h47-48H,1-2H2. The van der Waals surface area contributed by atoms with Crippen LogP contribution in [-0.2, 0) is 13.1 Å². The Balaban J connectivity index is 3.76. The minimum atomic E-state index is -8.49. The first-order valence-corrected chi connectivity index (χ1v) is 11.4. The number of hydrogen-bond donors (Lipinski definition) is 2. The molecule has 0 amide bonds. The van der Waals surface area contributed by atoms with Crippen molar-refractivity contribution < 1.29 is 114 Å². The van der Waals surface area contributed by atoms with Gasteiger partial charge < -0.3 is 0 Å². The maximum Gasteiger partial charge on any atom is 0.460 e. The SMILES string of the molecule is O=c1n(CC(F)(F)C(F)(F)C(F)(F)C(F)(F)C(F)(F)C(F)(F)F)c(S)c(S)n1CC(F)(F)C(F)(F)C(F)(F)C(F)(F)C(F)(F)C(F)(F)F. The number of nitrogens with zero attached hydrogens (tertiary/aromatic N) is 2. The first-order chi connectivity index (χ1) is 20.4. The third-order valence-electron chi connectivity index (χ3n) is 5.88. The van der Waals surface area contributed by atoms with E-state index in [2.05, 4.69) is 25.3 Å². The van der Waals surface area contributed by atoms with Gasteiger partial charge in [-0.05, 0) is 0 Å². The molecule has 0 aliphatic rings. The van der Waals surface area contributed by atoms with E-state index in [4.69, 9.17) is 0 Å². The van der Waals surface area contributed by atoms with Crippen molar-refractivity contribution in [1.82, 2.24) is 9.13 Å². The predicted molar refractivity (Wildman–Crippen MR) is 105 cm³/mol. The number of alkyl halides is 26. The van der Waals surface area contributed by atoms with Gasteiger partial charge in [0.05, 0.1) is 13.1 Å². The summed E-state index contributed by atoms with van der Waals surface area (Å²) in [5, 5.41) is -4.20. The van der Waals surface area contributed by atoms with Gasteiger partial charge in [-0.2, -0.15) is 114 Å². The number of hydrogen-bond acceptors (Lipinski definition) is 3. The minimum absolute atomic E-state index is 1.51. The molecule has 284 valence electrons. The fraction of sp³-hybridized carbons (Fsp3) is 0.824. The summed E-state index contributed by atoms with van der Waals surface area (Å²) in [6, 6.07) is 0. The molecule has 1 aromatic rings. The summed E-state index contributed by atoms with van der Waals surface area (Å²) in [5.41, 5.74) is -3.16. The molecular weight excluding hydrogens is 806 g/mol. The molecule has 1 heterocycles. The van der Waals surface area contributed by atoms with Gasteiger partial charge in [-0.15, -0.1) is 25.3 Å². The fourth-order valence-electron chi connectivity index (χ4n) is 3.05. The zero-order valence-corrected chi connectivity index (χ0v) is 22.7. The van der Waals surface area contributed by atoms with Gasteiger partial charge in [0.1, 0.15) is 10.1 Å². The molecule has 0 saturated heterocycles. The van der Waals surface area contributed by atoms with Crippen LogP contribution >= 0.6 is 25.3 Å². The number of aromatic nitrogens is 2. The van der Waals surface area contributed by atoms with Crippen molar-refractivity contribution in [3.05, 3.63) is 10.5 Å². The Labute approximate surface area is 254 Å². The van der Waals surface area contributed by atoms with Crippen LogP contribution in [0.3, 0.4) is 0 Å². The lowest BCUT2D eigenvalue weighted by molar-refractivity contribution is -0.440. The predicted octanol–water partition coefficient (Wildman–Crippen LogP) is 8.70. The van der Waals surface area contributed by atoms with Crippen LogP contribution in [-0.4, -0.2) is 80.7 Å². The first-order valence-electron chi connectivity index (χ1n) is 10.5. The summed E-state index contributed by atoms with van der Waals surface area (Å²) >= 11 is 5.75. The molecule has 0 aliphatic heterocycles. The average Bonchev–Trinajstić information content (AvgIpc) is 3.04. The fourth-order valence-corrected chi connectivity index (χ4v) is 3.61. The van der Waals surface area contributed by atoms with Crippen molar-refractivity contribution in [2.45, 2.75) is 94.7 Å². The molecular formula is C17H6F26N2OS2. The van der Waals surface area contributed by atoms with Crippen molar-refractivity contribution >= 4 is 25.3 Å². The highest BCUT2D eigenvalue weighted by molar-refractivity contribution is 7.83. The third-order valence-corrected chi connectivity index (χ3v) is 6.97. The number of imidazole rings is 1. The quantitative estimate of drug-likeness (QED) is 0.161. The third kappa shape index (κ3) is 5.81. The molecule has 0 unspecified atom stereocenters. The van der Waals surface area contributed by atoms with Crippen molar-refractivity contribution in [1.29, 1.82) is 0 Å². The van der Waals surface area contributed by atoms with Gasteiger partial charge in [-0.25, -0.2) is 4.79 Å². The Kier molecular flexibility index (Phi) is 10.5. The molecule has 48 heavy (non-hydrogen) atoms. The van der Waals surface area contributed by atoms with Crippen molar-refractivity contribution in [3.63, 3.8) is 0 Å². The summed E-state index contributed by atoms with van der Waals surface area (Å²) in [6.07, 6.45) is -15.7. The lowest BCUT2D eigenvalue weighted by Gasteiger charge is -2.39. The highest BCUT2D eigenvalue weighted by Gasteiger charge is 2.92. The van der Waals surface area contributed by atoms with Crippen LogP contribution in [0.5, 0.6) is 0 Å². The molecule has 3 nitrogen and oxygen atoms in total. The molecule has 0 radical (unpaired) electrons. The van der Waals surface area contributed by atoms with Crippen LogP contribution in [0.25, 0.3) is 0 Å². The Morgan fingerprint density at radius 1 is 0.354 bits per heavy atom. The molecule has 31 heteroatoms. The summed E-state index contributed by atoms with van der Waals surface area (Å²) in [6.45, 7) is -7.56. The Morgan fingerprint density at radius 3 is 0.729 bits per heavy atom. The zero-order valence-electron chi connectivity index (χ0n) is 20.9. The molecule has 0 N–H and O–H groups in total. The summed E-state index contributed by atoms with van der Waals surface area (Å²) in [5.74, 6) is -81.2. The second kappa shape index (κ2) is 11.5. The smallest absolute Gasteiger partial charge is 0.280 e. The second-order valence-electron chi connectivity index (χ2n) is 9.10. The van der Waals surface area contributed by atoms with Gasteiger partial charge >= 0.3 is 77.3 Å². The van der Waals surface area contributed by atoms with Crippen molar-refractivity contribution in [2.75, 3.05) is 0 Å². The Bertz CT molecular complexity index is 1310. The molecule has 0 aromatic carbocycles. The summed E-state index contributed by atoms with van der Waals surface area (Å²) in [4.78, 5) is 12.2. The highest BCUT2D eigenvalue weighted by atomic mass is 32.1. The molecule has 1 aromatic heterocycles. The van der Waals surface area contributed by atoms with Crippen LogP contribution < -0.4 is 5.69 Å². The van der Waals surface area contributed by atoms with E-state index in [1.54, 1.807) is 0 Å². The minimum Gasteiger partial charge on any atom is -0.280 e. The van der Waals surface area contributed by atoms with Gasteiger partial charge in [0.15, 0.2) is 0 Å². The summed E-state index contributed by atoms with van der Waals surface area (Å²) in [7, 11) is 0. The average molecular weight is 812 g/mol. The van der Waals surface area contributed by atoms with Gasteiger partial charge in [0.25, 0.3) is 0 Å². The largest absolute Gasteiger partial charge is 0.460 e. The maximum absolute atomic E-state index is 14.2. The topological polar surface area (TPSA) is 26.9 Å². The van der Waals surface area contributed by atoms with E-state index in [-0.39, 0.29) is 0 Å². The van der Waals surface area contributed by atoms with E-state index in [0.29, 0.717) is 0 Å². The van der Waals surface area contributed by atoms with Gasteiger partial charge in [0.2, 0.25) is 0 Å². The monoisotopic (exact) mass is 812 g/mol. The summed E-state index contributed by atoms with van der Waals surface area (Å²) < 4.78 is 342. The van der Waals surface area contributed by atoms with E-state index in [9.17, 15) is 119 Å². The lowest BCUT2D eigenvalue weighted by Crippen LogP contribution is -2.70. The Hall–Kier alpha value is -2.11. The molecule has 0 atom stereocenters. The molecule has 0 spiro atoms. The van der Waals surface area contributed by atoms with E-state index in [1.807, 2.05) is 0 Å². The van der Waals surface area contributed by atoms with Crippen LogP contribution in [0.2, 0.25) is 0 Å². The van der Waals surface area contributed by atoms with Crippen LogP contribution in [0.15, 0.2) is 14.8 Å². The normalized spacial score (nSPS) is 16.2. The Morgan fingerprint density at radius 2 is 0.542 bits per heavy atom. The molecule has 0 saturated carbocycles. The van der Waals surface area contributed by atoms with Crippen LogP contribution in [0.4, 0.5) is 114 Å². The number of halogens is 26. The van der Waals surface area contributed by atoms with Gasteiger partial charge in [-0.3, -0.25) is 9.13 Å². The van der Waals surface area contributed by atoms with Crippen LogP contribution in [0, 0.1) is 0 Å². The van der Waals surface area contributed by atoms with Crippen molar-refractivity contribution in [3.8, 4) is 0 Å². The van der Waals surface area contributed by atoms with E-state index in [1.165, 1.54) is 0 Å².